The van der Waals surface area contributed by atoms with E-state index in [9.17, 15) is 14.4 Å². The number of hydrogen-bond donors (Lipinski definition) is 0. The number of esters is 3. The van der Waals surface area contributed by atoms with Gasteiger partial charge in [-0.3, -0.25) is 14.4 Å². The molecule has 0 aromatic rings. The van der Waals surface area contributed by atoms with Gasteiger partial charge in [0.2, 0.25) is 0 Å². The molecular weight excluding hydrogens is 925 g/mol. The van der Waals surface area contributed by atoms with Crippen molar-refractivity contribution >= 4 is 17.9 Å². The lowest BCUT2D eigenvalue weighted by atomic mass is 10.0. The van der Waals surface area contributed by atoms with E-state index in [-0.39, 0.29) is 31.1 Å². The maximum atomic E-state index is 12.9. The Bertz CT molecular complexity index is 1340. The van der Waals surface area contributed by atoms with Gasteiger partial charge >= 0.3 is 17.9 Å². The van der Waals surface area contributed by atoms with Crippen molar-refractivity contribution < 1.29 is 28.6 Å². The molecule has 75 heavy (non-hydrogen) atoms. The lowest BCUT2D eigenvalue weighted by Crippen LogP contribution is -2.30. The minimum atomic E-state index is -0.785. The number of ether oxygens (including phenoxy) is 3. The van der Waals surface area contributed by atoms with Gasteiger partial charge in [-0.15, -0.1) is 0 Å². The van der Waals surface area contributed by atoms with Crippen molar-refractivity contribution in [3.8, 4) is 0 Å². The number of allylic oxidation sites excluding steroid dienone is 10. The van der Waals surface area contributed by atoms with Crippen molar-refractivity contribution in [2.45, 2.75) is 348 Å². The zero-order valence-corrected chi connectivity index (χ0v) is 50.1. The van der Waals surface area contributed by atoms with E-state index in [2.05, 4.69) is 81.5 Å². The van der Waals surface area contributed by atoms with Gasteiger partial charge in [0, 0.05) is 19.3 Å². The maximum Gasteiger partial charge on any atom is 0.306 e. The van der Waals surface area contributed by atoms with Gasteiger partial charge in [0.05, 0.1) is 0 Å². The van der Waals surface area contributed by atoms with Crippen molar-refractivity contribution in [1.29, 1.82) is 0 Å². The molecule has 0 fully saturated rings. The predicted molar refractivity (Wildman–Crippen MR) is 325 cm³/mol. The monoisotopic (exact) mass is 1050 g/mol. The molecular formula is C69H124O6. The smallest absolute Gasteiger partial charge is 0.306 e. The highest BCUT2D eigenvalue weighted by Gasteiger charge is 2.19. The van der Waals surface area contributed by atoms with Crippen LogP contribution < -0.4 is 0 Å². The number of rotatable bonds is 60. The van der Waals surface area contributed by atoms with Crippen LogP contribution in [0.2, 0.25) is 0 Å². The highest BCUT2D eigenvalue weighted by molar-refractivity contribution is 5.71. The molecule has 0 unspecified atom stereocenters. The van der Waals surface area contributed by atoms with Crippen LogP contribution in [0, 0.1) is 0 Å². The first-order chi connectivity index (χ1) is 37.0. The predicted octanol–water partition coefficient (Wildman–Crippen LogP) is 22.3. The molecule has 0 aliphatic heterocycles. The summed E-state index contributed by atoms with van der Waals surface area (Å²) in [7, 11) is 0. The van der Waals surface area contributed by atoms with E-state index in [1.807, 2.05) is 0 Å². The van der Waals surface area contributed by atoms with Crippen LogP contribution in [-0.4, -0.2) is 37.2 Å². The van der Waals surface area contributed by atoms with E-state index in [0.29, 0.717) is 19.3 Å². The van der Waals surface area contributed by atoms with Crippen molar-refractivity contribution in [2.24, 2.45) is 0 Å². The SMILES string of the molecule is CC/C=C\C/C=C\C/C=C\C/C=C\CCCCCCC(=O)OC[C@H](COC(=O)CCCCCCCCCCC/C=C\CCCCCCCC)OC(=O)CCCCCCCCCCCCCCCCCCCCCCC. The molecule has 0 aromatic heterocycles. The summed E-state index contributed by atoms with van der Waals surface area (Å²) in [6.07, 6.45) is 80.9. The molecule has 436 valence electrons. The summed E-state index contributed by atoms with van der Waals surface area (Å²) in [6, 6.07) is 0. The van der Waals surface area contributed by atoms with Crippen molar-refractivity contribution in [3.63, 3.8) is 0 Å². The molecule has 0 radical (unpaired) electrons. The normalized spacial score (nSPS) is 12.4. The number of carbonyl (C=O) groups excluding carboxylic acids is 3. The van der Waals surface area contributed by atoms with E-state index in [0.717, 1.165) is 96.3 Å². The summed E-state index contributed by atoms with van der Waals surface area (Å²) in [5, 5.41) is 0. The summed E-state index contributed by atoms with van der Waals surface area (Å²) in [6.45, 7) is 6.56. The molecule has 0 rings (SSSR count). The lowest BCUT2D eigenvalue weighted by molar-refractivity contribution is -0.167. The van der Waals surface area contributed by atoms with Crippen LogP contribution in [0.15, 0.2) is 60.8 Å². The van der Waals surface area contributed by atoms with Gasteiger partial charge in [-0.2, -0.15) is 0 Å². The Balaban J connectivity index is 4.36. The second-order valence-electron chi connectivity index (χ2n) is 22.0. The Kier molecular flexibility index (Phi) is 61.2. The van der Waals surface area contributed by atoms with E-state index >= 15 is 0 Å². The van der Waals surface area contributed by atoms with Crippen LogP contribution >= 0.6 is 0 Å². The van der Waals surface area contributed by atoms with Crippen molar-refractivity contribution in [3.05, 3.63) is 60.8 Å². The molecule has 0 amide bonds. The van der Waals surface area contributed by atoms with Gasteiger partial charge in [0.1, 0.15) is 13.2 Å². The lowest BCUT2D eigenvalue weighted by Gasteiger charge is -2.18. The van der Waals surface area contributed by atoms with Crippen molar-refractivity contribution in [2.75, 3.05) is 13.2 Å². The first kappa shape index (κ1) is 72.1. The van der Waals surface area contributed by atoms with E-state index in [1.54, 1.807) is 0 Å². The molecule has 0 N–H and O–H groups in total. The van der Waals surface area contributed by atoms with Crippen LogP contribution in [0.4, 0.5) is 0 Å². The zero-order chi connectivity index (χ0) is 54.3. The molecule has 6 nitrogen and oxygen atoms in total. The average molecular weight is 1050 g/mol. The number of carbonyl (C=O) groups is 3. The van der Waals surface area contributed by atoms with Gasteiger partial charge in [-0.1, -0.05) is 300 Å². The third kappa shape index (κ3) is 61.8. The molecule has 0 aliphatic rings. The van der Waals surface area contributed by atoms with Crippen LogP contribution in [-0.2, 0) is 28.6 Å². The van der Waals surface area contributed by atoms with Crippen LogP contribution in [0.3, 0.4) is 0 Å². The number of hydrogen-bond acceptors (Lipinski definition) is 6. The Morgan fingerprint density at radius 1 is 0.280 bits per heavy atom. The highest BCUT2D eigenvalue weighted by Crippen LogP contribution is 2.17. The summed E-state index contributed by atoms with van der Waals surface area (Å²) in [5.74, 6) is -0.885. The fourth-order valence-corrected chi connectivity index (χ4v) is 9.61. The van der Waals surface area contributed by atoms with E-state index in [4.69, 9.17) is 14.2 Å². The van der Waals surface area contributed by atoms with Gasteiger partial charge in [0.25, 0.3) is 0 Å². The molecule has 0 aromatic carbocycles. The summed E-state index contributed by atoms with van der Waals surface area (Å²) < 4.78 is 16.9. The molecule has 0 heterocycles. The Hall–Kier alpha value is -2.89. The van der Waals surface area contributed by atoms with Crippen LogP contribution in [0.1, 0.15) is 342 Å². The average Bonchev–Trinajstić information content (AvgIpc) is 3.41. The largest absolute Gasteiger partial charge is 0.462 e. The van der Waals surface area contributed by atoms with Crippen LogP contribution in [0.25, 0.3) is 0 Å². The summed E-state index contributed by atoms with van der Waals surface area (Å²) in [5.41, 5.74) is 0. The topological polar surface area (TPSA) is 78.9 Å². The third-order valence-electron chi connectivity index (χ3n) is 14.5. The Labute approximate surface area is 466 Å². The molecule has 0 saturated carbocycles. The molecule has 0 spiro atoms. The number of unbranched alkanes of at least 4 members (excludes halogenated alkanes) is 39. The third-order valence-corrected chi connectivity index (χ3v) is 14.5. The van der Waals surface area contributed by atoms with Gasteiger partial charge in [-0.25, -0.2) is 0 Å². The zero-order valence-electron chi connectivity index (χ0n) is 50.1. The minimum absolute atomic E-state index is 0.0800. The fraction of sp³-hybridized carbons (Fsp3) is 0.812. The molecule has 1 atom stereocenters. The van der Waals surface area contributed by atoms with E-state index in [1.165, 1.54) is 205 Å². The van der Waals surface area contributed by atoms with Crippen LogP contribution in [0.5, 0.6) is 0 Å². The standard InChI is InChI=1S/C69H124O6/c1-4-7-10-13-16-19-22-25-28-31-33-34-36-39-42-45-48-51-54-57-60-63-69(72)75-66(64-73-67(70)61-58-55-52-49-46-43-40-37-30-27-24-21-18-15-12-9-6-3)65-74-68(71)62-59-56-53-50-47-44-41-38-35-32-29-26-23-20-17-14-11-8-5-2/h9,12,18,21,26-27,29-30,40,43,66H,4-8,10-11,13-17,19-20,22-25,28,31-39,41-42,44-65H2,1-3H3/b12-9-,21-18-,29-26-,30-27-,43-40-/t66-/m1/s1. The Morgan fingerprint density at radius 2 is 0.520 bits per heavy atom. The summed E-state index contributed by atoms with van der Waals surface area (Å²) >= 11 is 0. The van der Waals surface area contributed by atoms with Gasteiger partial charge in [0.15, 0.2) is 6.10 Å². The Morgan fingerprint density at radius 3 is 0.827 bits per heavy atom. The van der Waals surface area contributed by atoms with Gasteiger partial charge in [-0.05, 0) is 83.5 Å². The fourth-order valence-electron chi connectivity index (χ4n) is 9.61. The van der Waals surface area contributed by atoms with E-state index < -0.39 is 6.10 Å². The first-order valence-electron chi connectivity index (χ1n) is 32.8. The molecule has 0 aliphatic carbocycles. The highest BCUT2D eigenvalue weighted by atomic mass is 16.6. The van der Waals surface area contributed by atoms with Crippen molar-refractivity contribution in [1.82, 2.24) is 0 Å². The molecule has 6 heteroatoms. The van der Waals surface area contributed by atoms with Gasteiger partial charge < -0.3 is 14.2 Å². The summed E-state index contributed by atoms with van der Waals surface area (Å²) in [4.78, 5) is 38.4. The second kappa shape index (κ2) is 63.6. The minimum Gasteiger partial charge on any atom is -0.462 e. The quantitative estimate of drug-likeness (QED) is 0.0261. The first-order valence-corrected chi connectivity index (χ1v) is 32.8. The maximum absolute atomic E-state index is 12.9. The second-order valence-corrected chi connectivity index (χ2v) is 22.0. The molecule has 0 bridgehead atoms. The molecule has 0 saturated heterocycles.